The van der Waals surface area contributed by atoms with Gasteiger partial charge in [0.1, 0.15) is 0 Å². The van der Waals surface area contributed by atoms with Crippen LogP contribution in [0.3, 0.4) is 0 Å². The van der Waals surface area contributed by atoms with Gasteiger partial charge in [0.05, 0.1) is 0 Å². The zero-order valence-corrected chi connectivity index (χ0v) is 8.84. The van der Waals surface area contributed by atoms with Gasteiger partial charge in [-0.15, -0.1) is 0 Å². The fourth-order valence-electron chi connectivity index (χ4n) is 2.26. The number of hydrogen-bond acceptors (Lipinski definition) is 1. The third-order valence-corrected chi connectivity index (χ3v) is 3.15. The molecule has 0 unspecified atom stereocenters. The molecule has 76 valence electrons. The minimum atomic E-state index is 1.24. The summed E-state index contributed by atoms with van der Waals surface area (Å²) >= 11 is 0. The molecule has 1 nitrogen and oxygen atoms in total. The van der Waals surface area contributed by atoms with Crippen molar-refractivity contribution in [3.05, 3.63) is 29.6 Å². The second kappa shape index (κ2) is 5.14. The van der Waals surface area contributed by atoms with E-state index in [1.165, 1.54) is 56.9 Å². The maximum atomic E-state index is 4.22. The van der Waals surface area contributed by atoms with Crippen LogP contribution in [0, 0.1) is 0 Å². The molecule has 0 bridgehead atoms. The van der Waals surface area contributed by atoms with Gasteiger partial charge in [-0.1, -0.05) is 25.7 Å². The SMILES string of the molecule is c1cc2c(cn1)CCCCCCCC2. The number of hydrogen-bond donors (Lipinski definition) is 0. The Bertz CT molecular complexity index is 251. The highest BCUT2D eigenvalue weighted by molar-refractivity contribution is 5.23. The molecule has 1 heteroatoms. The van der Waals surface area contributed by atoms with Crippen molar-refractivity contribution in [3.8, 4) is 0 Å². The van der Waals surface area contributed by atoms with Gasteiger partial charge in [-0.2, -0.15) is 0 Å². The molecule has 0 amide bonds. The number of nitrogens with zero attached hydrogens (tertiary/aromatic N) is 1. The van der Waals surface area contributed by atoms with Crippen LogP contribution in [-0.4, -0.2) is 4.98 Å². The van der Waals surface area contributed by atoms with Crippen LogP contribution in [-0.2, 0) is 12.8 Å². The van der Waals surface area contributed by atoms with Crippen molar-refractivity contribution in [3.63, 3.8) is 0 Å². The van der Waals surface area contributed by atoms with Gasteiger partial charge in [-0.25, -0.2) is 0 Å². The molecule has 1 heterocycles. The largest absolute Gasteiger partial charge is 0.264 e. The molecule has 1 aliphatic rings. The summed E-state index contributed by atoms with van der Waals surface area (Å²) in [7, 11) is 0. The van der Waals surface area contributed by atoms with Gasteiger partial charge in [0.25, 0.3) is 0 Å². The first-order valence-electron chi connectivity index (χ1n) is 5.88. The van der Waals surface area contributed by atoms with Crippen LogP contribution < -0.4 is 0 Å². The minimum Gasteiger partial charge on any atom is -0.264 e. The fraction of sp³-hybridized carbons (Fsp3) is 0.615. The minimum absolute atomic E-state index is 1.24. The molecule has 1 aliphatic carbocycles. The van der Waals surface area contributed by atoms with Gasteiger partial charge in [0.15, 0.2) is 0 Å². The van der Waals surface area contributed by atoms with E-state index in [0.717, 1.165) is 0 Å². The second-order valence-electron chi connectivity index (χ2n) is 4.27. The molecular formula is C13H19N. The van der Waals surface area contributed by atoms with Crippen LogP contribution in [0.1, 0.15) is 49.7 Å². The lowest BCUT2D eigenvalue weighted by Crippen LogP contribution is -1.98. The standard InChI is InChI=1S/C13H19N/c1-2-4-6-8-13-11-14-10-9-12(13)7-5-3-1/h9-11H,1-8H2. The lowest BCUT2D eigenvalue weighted by Gasteiger charge is -2.11. The third kappa shape index (κ3) is 2.57. The van der Waals surface area contributed by atoms with Crippen molar-refractivity contribution in [1.29, 1.82) is 0 Å². The molecular weight excluding hydrogens is 170 g/mol. The predicted molar refractivity (Wildman–Crippen MR) is 59.3 cm³/mol. The van der Waals surface area contributed by atoms with E-state index in [9.17, 15) is 0 Å². The van der Waals surface area contributed by atoms with Crippen molar-refractivity contribution in [1.82, 2.24) is 4.98 Å². The molecule has 0 radical (unpaired) electrons. The van der Waals surface area contributed by atoms with Gasteiger partial charge in [0.2, 0.25) is 0 Å². The summed E-state index contributed by atoms with van der Waals surface area (Å²) in [5.41, 5.74) is 3.04. The monoisotopic (exact) mass is 189 g/mol. The number of aromatic nitrogens is 1. The molecule has 0 N–H and O–H groups in total. The van der Waals surface area contributed by atoms with E-state index in [0.29, 0.717) is 0 Å². The maximum Gasteiger partial charge on any atom is 0.0302 e. The smallest absolute Gasteiger partial charge is 0.0302 e. The van der Waals surface area contributed by atoms with Crippen LogP contribution in [0.4, 0.5) is 0 Å². The summed E-state index contributed by atoms with van der Waals surface area (Å²) < 4.78 is 0. The highest BCUT2D eigenvalue weighted by atomic mass is 14.6. The summed E-state index contributed by atoms with van der Waals surface area (Å²) in [6.45, 7) is 0. The zero-order valence-electron chi connectivity index (χ0n) is 8.84. The average molecular weight is 189 g/mol. The van der Waals surface area contributed by atoms with Crippen LogP contribution in [0.25, 0.3) is 0 Å². The summed E-state index contributed by atoms with van der Waals surface area (Å²) in [6, 6.07) is 2.21. The van der Waals surface area contributed by atoms with Crippen molar-refractivity contribution in [2.45, 2.75) is 51.4 Å². The lowest BCUT2D eigenvalue weighted by molar-refractivity contribution is 0.580. The topological polar surface area (TPSA) is 12.9 Å². The molecule has 0 atom stereocenters. The number of aryl methyl sites for hydroxylation is 2. The first-order valence-corrected chi connectivity index (χ1v) is 5.88. The second-order valence-corrected chi connectivity index (χ2v) is 4.27. The molecule has 0 fully saturated rings. The van der Waals surface area contributed by atoms with Crippen molar-refractivity contribution < 1.29 is 0 Å². The first-order chi connectivity index (χ1) is 6.97. The Morgan fingerprint density at radius 1 is 0.786 bits per heavy atom. The Morgan fingerprint density at radius 3 is 2.21 bits per heavy atom. The summed E-state index contributed by atoms with van der Waals surface area (Å²) in [6.07, 6.45) is 14.9. The number of rotatable bonds is 0. The Labute approximate surface area is 86.6 Å². The molecule has 2 rings (SSSR count). The van der Waals surface area contributed by atoms with Crippen LogP contribution in [0.2, 0.25) is 0 Å². The zero-order chi connectivity index (χ0) is 9.64. The molecule has 0 saturated carbocycles. The van der Waals surface area contributed by atoms with Gasteiger partial charge in [-0.05, 0) is 42.9 Å². The summed E-state index contributed by atoms with van der Waals surface area (Å²) in [4.78, 5) is 4.22. The molecule has 0 saturated heterocycles. The molecule has 0 aromatic carbocycles. The lowest BCUT2D eigenvalue weighted by atomic mass is 9.96. The van der Waals surface area contributed by atoms with Crippen molar-refractivity contribution in [2.75, 3.05) is 0 Å². The van der Waals surface area contributed by atoms with Crippen molar-refractivity contribution >= 4 is 0 Å². The van der Waals surface area contributed by atoms with Gasteiger partial charge in [-0.3, -0.25) is 4.98 Å². The Kier molecular flexibility index (Phi) is 3.56. The van der Waals surface area contributed by atoms with Crippen molar-refractivity contribution in [2.24, 2.45) is 0 Å². The van der Waals surface area contributed by atoms with E-state index >= 15 is 0 Å². The van der Waals surface area contributed by atoms with Crippen LogP contribution in [0.5, 0.6) is 0 Å². The Hall–Kier alpha value is -0.850. The summed E-state index contributed by atoms with van der Waals surface area (Å²) in [5.74, 6) is 0. The molecule has 1 aromatic heterocycles. The Morgan fingerprint density at radius 2 is 1.43 bits per heavy atom. The molecule has 14 heavy (non-hydrogen) atoms. The van der Waals surface area contributed by atoms with E-state index in [2.05, 4.69) is 17.2 Å². The van der Waals surface area contributed by atoms with E-state index in [-0.39, 0.29) is 0 Å². The number of pyridine rings is 1. The van der Waals surface area contributed by atoms with Gasteiger partial charge >= 0.3 is 0 Å². The third-order valence-electron chi connectivity index (χ3n) is 3.15. The summed E-state index contributed by atoms with van der Waals surface area (Å²) in [5, 5.41) is 0. The molecule has 1 aromatic rings. The van der Waals surface area contributed by atoms with E-state index in [1.807, 2.05) is 6.20 Å². The predicted octanol–water partition coefficient (Wildman–Crippen LogP) is 3.52. The van der Waals surface area contributed by atoms with E-state index in [1.54, 1.807) is 5.56 Å². The molecule has 0 spiro atoms. The van der Waals surface area contributed by atoms with Crippen LogP contribution in [0.15, 0.2) is 18.5 Å². The van der Waals surface area contributed by atoms with Crippen LogP contribution >= 0.6 is 0 Å². The Balaban J connectivity index is 2.10. The first kappa shape index (κ1) is 9.70. The fourth-order valence-corrected chi connectivity index (χ4v) is 2.26. The maximum absolute atomic E-state index is 4.22. The highest BCUT2D eigenvalue weighted by Crippen LogP contribution is 2.18. The van der Waals surface area contributed by atoms with E-state index in [4.69, 9.17) is 0 Å². The molecule has 0 aliphatic heterocycles. The quantitative estimate of drug-likeness (QED) is 0.608. The van der Waals surface area contributed by atoms with E-state index < -0.39 is 0 Å². The van der Waals surface area contributed by atoms with Gasteiger partial charge in [0, 0.05) is 12.4 Å². The highest BCUT2D eigenvalue weighted by Gasteiger charge is 2.04. The number of fused-ring (bicyclic) bond motifs is 1. The normalized spacial score (nSPS) is 18.6. The van der Waals surface area contributed by atoms with Gasteiger partial charge < -0.3 is 0 Å². The average Bonchev–Trinajstić information content (AvgIpc) is 2.25.